The molecular weight excluding hydrogens is 273 g/mol. The number of hydrogen-bond donors (Lipinski definition) is 0. The summed E-state index contributed by atoms with van der Waals surface area (Å²) in [4.78, 5) is 25.7. The Morgan fingerprint density at radius 1 is 1.14 bits per heavy atom. The summed E-state index contributed by atoms with van der Waals surface area (Å²) in [5.74, 6) is -0.367. The van der Waals surface area contributed by atoms with Gasteiger partial charge in [0, 0.05) is 12.3 Å². The van der Waals surface area contributed by atoms with Crippen LogP contribution in [0.5, 0.6) is 0 Å². The molecule has 0 saturated carbocycles. The van der Waals surface area contributed by atoms with Gasteiger partial charge in [0.05, 0.1) is 13.5 Å². The molecule has 0 N–H and O–H groups in total. The van der Waals surface area contributed by atoms with E-state index in [-0.39, 0.29) is 28.5 Å². The van der Waals surface area contributed by atoms with Crippen molar-refractivity contribution in [3.63, 3.8) is 0 Å². The normalized spacial score (nSPS) is 19.9. The summed E-state index contributed by atoms with van der Waals surface area (Å²) in [5, 5.41) is -0.374. The van der Waals surface area contributed by atoms with Crippen molar-refractivity contribution in [1.82, 2.24) is 0 Å². The third-order valence-corrected chi connectivity index (χ3v) is 5.19. The van der Waals surface area contributed by atoms with Crippen LogP contribution in [0.15, 0.2) is 24.3 Å². The number of rotatable bonds is 4. The fraction of sp³-hybridized carbons (Fsp3) is 0.556. The minimum atomic E-state index is -0.374. The van der Waals surface area contributed by atoms with Crippen molar-refractivity contribution in [2.45, 2.75) is 58.2 Å². The Balaban J connectivity index is 2.31. The van der Waals surface area contributed by atoms with Crippen molar-refractivity contribution in [3.05, 3.63) is 29.8 Å². The van der Waals surface area contributed by atoms with Crippen LogP contribution in [0.25, 0.3) is 0 Å². The fourth-order valence-corrected chi connectivity index (χ4v) is 2.68. The molecule has 2 radical (unpaired) electrons. The summed E-state index contributed by atoms with van der Waals surface area (Å²) in [6.45, 7) is 10.1. The van der Waals surface area contributed by atoms with Gasteiger partial charge in [0.2, 0.25) is 11.8 Å². The lowest BCUT2D eigenvalue weighted by Crippen LogP contribution is -2.32. The van der Waals surface area contributed by atoms with Gasteiger partial charge < -0.3 is 0 Å². The molecule has 1 aliphatic heterocycles. The van der Waals surface area contributed by atoms with E-state index < -0.39 is 0 Å². The molecule has 1 atom stereocenters. The number of nitrogens with zero attached hydrogens (tertiary/aromatic N) is 1. The summed E-state index contributed by atoms with van der Waals surface area (Å²) < 4.78 is 0. The largest absolute Gasteiger partial charge is 0.274 e. The standard InChI is InChI=1S/C18H24BNO2/c1-6-12-11-15(21)20(16(12)22)14-9-7-13(8-10-14)17(2,3)18(4,5)19/h7-10,12H,6,11H2,1-5H3. The SMILES string of the molecule is [B]C(C)(C)C(C)(C)c1ccc(N2C(=O)CC(CC)C2=O)cc1. The van der Waals surface area contributed by atoms with E-state index in [0.29, 0.717) is 18.5 Å². The Labute approximate surface area is 134 Å². The van der Waals surface area contributed by atoms with Gasteiger partial charge in [0.15, 0.2) is 0 Å². The topological polar surface area (TPSA) is 37.4 Å². The first-order valence-electron chi connectivity index (χ1n) is 7.85. The lowest BCUT2D eigenvalue weighted by Gasteiger charge is -2.40. The molecule has 0 spiro atoms. The van der Waals surface area contributed by atoms with E-state index in [1.807, 2.05) is 45.0 Å². The summed E-state index contributed by atoms with van der Waals surface area (Å²) >= 11 is 0. The quantitative estimate of drug-likeness (QED) is 0.629. The molecule has 3 nitrogen and oxygen atoms in total. The van der Waals surface area contributed by atoms with Gasteiger partial charge in [-0.15, -0.1) is 0 Å². The lowest BCUT2D eigenvalue weighted by atomic mass is 9.54. The van der Waals surface area contributed by atoms with Gasteiger partial charge in [-0.25, -0.2) is 0 Å². The Morgan fingerprint density at radius 2 is 1.68 bits per heavy atom. The summed E-state index contributed by atoms with van der Waals surface area (Å²) in [6.07, 6.45) is 1.02. The maximum absolute atomic E-state index is 12.3. The monoisotopic (exact) mass is 297 g/mol. The average Bonchev–Trinajstić information content (AvgIpc) is 2.72. The van der Waals surface area contributed by atoms with Crippen LogP contribution in [0.4, 0.5) is 5.69 Å². The van der Waals surface area contributed by atoms with E-state index in [4.69, 9.17) is 7.85 Å². The van der Waals surface area contributed by atoms with Crippen LogP contribution in [0.3, 0.4) is 0 Å². The number of amides is 2. The summed E-state index contributed by atoms with van der Waals surface area (Å²) in [7, 11) is 6.27. The van der Waals surface area contributed by atoms with Gasteiger partial charge in [-0.1, -0.05) is 52.1 Å². The molecule has 1 saturated heterocycles. The highest BCUT2D eigenvalue weighted by Crippen LogP contribution is 2.44. The Morgan fingerprint density at radius 3 is 2.09 bits per heavy atom. The second kappa shape index (κ2) is 5.56. The fourth-order valence-electron chi connectivity index (χ4n) is 2.68. The maximum atomic E-state index is 12.3. The molecule has 1 unspecified atom stereocenters. The number of anilines is 1. The van der Waals surface area contributed by atoms with Crippen molar-refractivity contribution in [1.29, 1.82) is 0 Å². The summed E-state index contributed by atoms with van der Waals surface area (Å²) in [5.41, 5.74) is 1.53. The van der Waals surface area contributed by atoms with Crippen molar-refractivity contribution >= 4 is 25.3 Å². The zero-order chi connectivity index (χ0) is 16.7. The van der Waals surface area contributed by atoms with E-state index in [9.17, 15) is 9.59 Å². The van der Waals surface area contributed by atoms with E-state index in [0.717, 1.165) is 5.56 Å². The molecule has 0 aromatic heterocycles. The van der Waals surface area contributed by atoms with Crippen molar-refractivity contribution in [2.75, 3.05) is 4.90 Å². The van der Waals surface area contributed by atoms with Crippen LogP contribution in [-0.4, -0.2) is 19.7 Å². The zero-order valence-corrected chi connectivity index (χ0v) is 14.1. The molecule has 2 rings (SSSR count). The third-order valence-electron chi connectivity index (χ3n) is 5.19. The van der Waals surface area contributed by atoms with Gasteiger partial charge >= 0.3 is 0 Å². The Hall–Kier alpha value is -1.58. The predicted molar refractivity (Wildman–Crippen MR) is 90.2 cm³/mol. The molecule has 1 heterocycles. The van der Waals surface area contributed by atoms with Crippen LogP contribution < -0.4 is 4.90 Å². The summed E-state index contributed by atoms with van der Waals surface area (Å²) in [6, 6.07) is 7.61. The van der Waals surface area contributed by atoms with Crippen LogP contribution >= 0.6 is 0 Å². The molecule has 116 valence electrons. The van der Waals surface area contributed by atoms with Gasteiger partial charge in [0.25, 0.3) is 0 Å². The van der Waals surface area contributed by atoms with Gasteiger partial charge in [0.1, 0.15) is 0 Å². The minimum absolute atomic E-state index is 0.0846. The van der Waals surface area contributed by atoms with Gasteiger partial charge in [-0.2, -0.15) is 0 Å². The molecule has 1 aromatic rings. The third kappa shape index (κ3) is 2.71. The molecule has 0 bridgehead atoms. The van der Waals surface area contributed by atoms with Gasteiger partial charge in [-0.3, -0.25) is 14.5 Å². The highest BCUT2D eigenvalue weighted by atomic mass is 16.2. The second-order valence-electron chi connectivity index (χ2n) is 7.27. The number of hydrogen-bond acceptors (Lipinski definition) is 2. The molecule has 4 heteroatoms. The second-order valence-corrected chi connectivity index (χ2v) is 7.27. The van der Waals surface area contributed by atoms with E-state index >= 15 is 0 Å². The van der Waals surface area contributed by atoms with Crippen molar-refractivity contribution in [2.24, 2.45) is 5.92 Å². The highest BCUT2D eigenvalue weighted by Gasteiger charge is 2.39. The van der Waals surface area contributed by atoms with Crippen LogP contribution in [0, 0.1) is 5.92 Å². The first-order chi connectivity index (χ1) is 10.1. The minimum Gasteiger partial charge on any atom is -0.274 e. The zero-order valence-electron chi connectivity index (χ0n) is 14.1. The smallest absolute Gasteiger partial charge is 0.237 e. The molecule has 2 amide bonds. The number of imide groups is 1. The lowest BCUT2D eigenvalue weighted by molar-refractivity contribution is -0.122. The van der Waals surface area contributed by atoms with Crippen molar-refractivity contribution < 1.29 is 9.59 Å². The predicted octanol–water partition coefficient (Wildman–Crippen LogP) is 3.62. The molecule has 22 heavy (non-hydrogen) atoms. The van der Waals surface area contributed by atoms with Crippen LogP contribution in [0.1, 0.15) is 53.0 Å². The Bertz CT molecular complexity index is 584. The van der Waals surface area contributed by atoms with E-state index in [1.165, 1.54) is 4.90 Å². The highest BCUT2D eigenvalue weighted by molar-refractivity contribution is 6.20. The molecule has 1 aromatic carbocycles. The van der Waals surface area contributed by atoms with Gasteiger partial charge in [-0.05, 0) is 29.5 Å². The first-order valence-corrected chi connectivity index (χ1v) is 7.85. The van der Waals surface area contributed by atoms with Crippen LogP contribution in [-0.2, 0) is 15.0 Å². The van der Waals surface area contributed by atoms with E-state index in [1.54, 1.807) is 0 Å². The number of carbonyl (C=O) groups excluding carboxylic acids is 2. The van der Waals surface area contributed by atoms with Crippen molar-refractivity contribution in [3.8, 4) is 0 Å². The van der Waals surface area contributed by atoms with Crippen LogP contribution in [0.2, 0.25) is 5.31 Å². The Kier molecular flexibility index (Phi) is 4.25. The average molecular weight is 297 g/mol. The molecule has 1 aliphatic rings. The van der Waals surface area contributed by atoms with E-state index in [2.05, 4.69) is 13.8 Å². The first kappa shape index (κ1) is 16.8. The number of benzene rings is 1. The molecular formula is C18H24BNO2. The maximum Gasteiger partial charge on any atom is 0.237 e. The number of carbonyl (C=O) groups is 2. The molecule has 0 aliphatic carbocycles. The molecule has 1 fully saturated rings.